The summed E-state index contributed by atoms with van der Waals surface area (Å²) in [6.07, 6.45) is 3.91. The van der Waals surface area contributed by atoms with Crippen molar-refractivity contribution in [3.8, 4) is 11.5 Å². The summed E-state index contributed by atoms with van der Waals surface area (Å²) in [6.45, 7) is 1.26. The summed E-state index contributed by atoms with van der Waals surface area (Å²) in [5.41, 5.74) is 5.40. The van der Waals surface area contributed by atoms with Crippen LogP contribution in [0, 0.1) is 0 Å². The quantitative estimate of drug-likeness (QED) is 0.588. The van der Waals surface area contributed by atoms with Crippen LogP contribution in [0.3, 0.4) is 0 Å². The molecule has 1 aliphatic rings. The Bertz CT molecular complexity index is 1100. The summed E-state index contributed by atoms with van der Waals surface area (Å²) < 4.78 is 10.7. The van der Waals surface area contributed by atoms with Crippen molar-refractivity contribution in [2.75, 3.05) is 39.7 Å². The number of anilines is 1. The number of hydrogen-bond donors (Lipinski definition) is 2. The second-order valence-electron chi connectivity index (χ2n) is 8.15. The molecule has 0 saturated carbocycles. The van der Waals surface area contributed by atoms with Gasteiger partial charge in [-0.1, -0.05) is 24.3 Å². The fourth-order valence-electron chi connectivity index (χ4n) is 4.29. The van der Waals surface area contributed by atoms with Gasteiger partial charge in [-0.2, -0.15) is 0 Å². The molecule has 162 valence electrons. The molecule has 1 unspecified atom stereocenters. The van der Waals surface area contributed by atoms with E-state index in [1.54, 1.807) is 14.2 Å². The Balaban J connectivity index is 1.41. The number of benzene rings is 2. The molecule has 0 fully saturated rings. The predicted molar refractivity (Wildman–Crippen MR) is 122 cm³/mol. The molecule has 0 spiro atoms. The van der Waals surface area contributed by atoms with Gasteiger partial charge < -0.3 is 19.7 Å². The maximum Gasteiger partial charge on any atom is 0.279 e. The Kier molecular flexibility index (Phi) is 6.37. The average molecular weight is 421 g/mol. The number of rotatable bonds is 8. The van der Waals surface area contributed by atoms with Gasteiger partial charge in [0.05, 0.1) is 39.0 Å². The molecule has 0 bridgehead atoms. The molecule has 6 nitrogen and oxygen atoms in total. The van der Waals surface area contributed by atoms with Crippen LogP contribution >= 0.6 is 0 Å². The first-order valence-electron chi connectivity index (χ1n) is 10.8. The number of pyridine rings is 1. The van der Waals surface area contributed by atoms with E-state index in [0.29, 0.717) is 6.54 Å². The van der Waals surface area contributed by atoms with Crippen LogP contribution in [-0.2, 0) is 24.1 Å². The van der Waals surface area contributed by atoms with Gasteiger partial charge in [-0.15, -0.1) is 0 Å². The van der Waals surface area contributed by atoms with Crippen molar-refractivity contribution in [1.82, 2.24) is 4.98 Å². The summed E-state index contributed by atoms with van der Waals surface area (Å²) in [7, 11) is 5.33. The number of quaternary nitrogens is 1. The molecule has 4 rings (SSSR count). The van der Waals surface area contributed by atoms with Crippen LogP contribution < -0.4 is 19.7 Å². The molecule has 1 aliphatic carbocycles. The number of ether oxygens (including phenoxy) is 2. The van der Waals surface area contributed by atoms with Gasteiger partial charge in [-0.3, -0.25) is 9.78 Å². The summed E-state index contributed by atoms with van der Waals surface area (Å²) >= 11 is 0. The number of likely N-dealkylation sites (N-methyl/N-ethyl adjacent to an activating group) is 1. The molecule has 1 heterocycles. The molecule has 2 N–H and O–H groups in total. The van der Waals surface area contributed by atoms with E-state index in [4.69, 9.17) is 14.5 Å². The van der Waals surface area contributed by atoms with Gasteiger partial charge in [0.2, 0.25) is 0 Å². The lowest BCUT2D eigenvalue weighted by atomic mass is 10.1. The van der Waals surface area contributed by atoms with Gasteiger partial charge in [0, 0.05) is 17.5 Å². The zero-order valence-electron chi connectivity index (χ0n) is 18.5. The molecule has 0 aliphatic heterocycles. The predicted octanol–water partition coefficient (Wildman–Crippen LogP) is 2.44. The standard InChI is InChI=1S/C25H29N3O3/c1-28(14-13-17-11-12-22(30-2)23(15-17)31-3)16-24(29)27-25-18-7-4-5-9-20(18)26-21-10-6-8-19(21)25/h4-5,7,9,11-12,15H,6,8,10,13-14,16H2,1-3H3,(H,26,27,29)/p+1. The lowest BCUT2D eigenvalue weighted by Gasteiger charge is -2.17. The topological polar surface area (TPSA) is 64.9 Å². The third-order valence-electron chi connectivity index (χ3n) is 5.93. The molecule has 0 saturated heterocycles. The number of carbonyl (C=O) groups is 1. The lowest BCUT2D eigenvalue weighted by Crippen LogP contribution is -3.10. The van der Waals surface area contributed by atoms with Gasteiger partial charge in [0.25, 0.3) is 5.91 Å². The number of para-hydroxylation sites is 1. The fraction of sp³-hybridized carbons (Fsp3) is 0.360. The van der Waals surface area contributed by atoms with Crippen LogP contribution in [0.4, 0.5) is 5.69 Å². The zero-order chi connectivity index (χ0) is 21.8. The summed E-state index contributed by atoms with van der Waals surface area (Å²) in [4.78, 5) is 18.8. The number of nitrogens with one attached hydrogen (secondary N) is 2. The first kappa shape index (κ1) is 21.1. The fourth-order valence-corrected chi connectivity index (χ4v) is 4.29. The van der Waals surface area contributed by atoms with Gasteiger partial charge >= 0.3 is 0 Å². The Hall–Kier alpha value is -3.12. The number of methoxy groups -OCH3 is 2. The van der Waals surface area contributed by atoms with E-state index < -0.39 is 0 Å². The molecule has 31 heavy (non-hydrogen) atoms. The highest BCUT2D eigenvalue weighted by Crippen LogP contribution is 2.33. The number of aromatic nitrogens is 1. The third kappa shape index (κ3) is 4.64. The van der Waals surface area contributed by atoms with Crippen molar-refractivity contribution in [1.29, 1.82) is 0 Å². The molecule has 1 atom stereocenters. The molecular weight excluding hydrogens is 390 g/mol. The molecule has 6 heteroatoms. The second kappa shape index (κ2) is 9.35. The number of fused-ring (bicyclic) bond motifs is 2. The van der Waals surface area contributed by atoms with Crippen LogP contribution in [0.15, 0.2) is 42.5 Å². The van der Waals surface area contributed by atoms with Crippen LogP contribution in [0.1, 0.15) is 23.2 Å². The Morgan fingerprint density at radius 3 is 2.71 bits per heavy atom. The van der Waals surface area contributed by atoms with E-state index in [0.717, 1.165) is 76.5 Å². The molecule has 1 amide bonds. The van der Waals surface area contributed by atoms with Crippen LogP contribution in [0.25, 0.3) is 10.9 Å². The van der Waals surface area contributed by atoms with Gasteiger partial charge in [0.1, 0.15) is 0 Å². The maximum atomic E-state index is 12.9. The lowest BCUT2D eigenvalue weighted by molar-refractivity contribution is -0.870. The third-order valence-corrected chi connectivity index (χ3v) is 5.93. The minimum atomic E-state index is 0.0373. The minimum absolute atomic E-state index is 0.0373. The highest BCUT2D eigenvalue weighted by Gasteiger charge is 2.21. The Morgan fingerprint density at radius 2 is 1.90 bits per heavy atom. The van der Waals surface area contributed by atoms with E-state index in [1.165, 1.54) is 5.56 Å². The zero-order valence-corrected chi connectivity index (χ0v) is 18.5. The number of amides is 1. The van der Waals surface area contributed by atoms with Gasteiger partial charge in [-0.25, -0.2) is 0 Å². The highest BCUT2D eigenvalue weighted by molar-refractivity contribution is 6.03. The van der Waals surface area contributed by atoms with Gasteiger partial charge in [-0.05, 0) is 48.6 Å². The normalized spacial score (nSPS) is 13.6. The first-order valence-corrected chi connectivity index (χ1v) is 10.8. The molecule has 1 aromatic heterocycles. The minimum Gasteiger partial charge on any atom is -0.493 e. The number of carbonyl (C=O) groups excluding carboxylic acids is 1. The number of nitrogens with zero attached hydrogens (tertiary/aromatic N) is 1. The maximum absolute atomic E-state index is 12.9. The molecular formula is C25H30N3O3+. The molecule has 2 aromatic carbocycles. The van der Waals surface area contributed by atoms with E-state index in [9.17, 15) is 4.79 Å². The monoisotopic (exact) mass is 420 g/mol. The van der Waals surface area contributed by atoms with Gasteiger partial charge in [0.15, 0.2) is 18.0 Å². The van der Waals surface area contributed by atoms with E-state index in [-0.39, 0.29) is 5.91 Å². The summed E-state index contributed by atoms with van der Waals surface area (Å²) in [5, 5.41) is 4.24. The van der Waals surface area contributed by atoms with Crippen LogP contribution in [-0.4, -0.2) is 45.2 Å². The highest BCUT2D eigenvalue weighted by atomic mass is 16.5. The molecule has 3 aromatic rings. The van der Waals surface area contributed by atoms with Crippen molar-refractivity contribution in [2.45, 2.75) is 25.7 Å². The van der Waals surface area contributed by atoms with Crippen LogP contribution in [0.2, 0.25) is 0 Å². The van der Waals surface area contributed by atoms with Crippen molar-refractivity contribution in [3.63, 3.8) is 0 Å². The SMILES string of the molecule is COc1ccc(CC[NH+](C)CC(=O)Nc2c3c(nc4ccccc24)CCC3)cc1OC. The summed E-state index contributed by atoms with van der Waals surface area (Å²) in [6, 6.07) is 14.0. The van der Waals surface area contributed by atoms with E-state index in [2.05, 4.69) is 12.4 Å². The Morgan fingerprint density at radius 1 is 1.10 bits per heavy atom. The Labute approximate surface area is 183 Å². The van der Waals surface area contributed by atoms with Crippen LogP contribution in [0.5, 0.6) is 11.5 Å². The summed E-state index contributed by atoms with van der Waals surface area (Å²) in [5.74, 6) is 1.49. The van der Waals surface area contributed by atoms with Crippen molar-refractivity contribution in [2.24, 2.45) is 0 Å². The smallest absolute Gasteiger partial charge is 0.279 e. The van der Waals surface area contributed by atoms with E-state index >= 15 is 0 Å². The first-order chi connectivity index (χ1) is 15.1. The number of hydrogen-bond acceptors (Lipinski definition) is 4. The largest absolute Gasteiger partial charge is 0.493 e. The van der Waals surface area contributed by atoms with Crippen molar-refractivity contribution < 1.29 is 19.2 Å². The second-order valence-corrected chi connectivity index (χ2v) is 8.15. The van der Waals surface area contributed by atoms with Crippen molar-refractivity contribution >= 4 is 22.5 Å². The van der Waals surface area contributed by atoms with E-state index in [1.807, 2.05) is 42.5 Å². The number of aryl methyl sites for hydroxylation is 1. The molecule has 0 radical (unpaired) electrons. The van der Waals surface area contributed by atoms with Crippen molar-refractivity contribution in [3.05, 3.63) is 59.3 Å². The average Bonchev–Trinajstić information content (AvgIpc) is 3.25.